The molecule has 0 spiro atoms. The third-order valence-corrected chi connectivity index (χ3v) is 13.4. The molecule has 0 amide bonds. The van der Waals surface area contributed by atoms with Crippen LogP contribution in [0.4, 0.5) is 0 Å². The second-order valence-corrected chi connectivity index (χ2v) is 17.6. The van der Waals surface area contributed by atoms with E-state index in [-0.39, 0.29) is 10.8 Å². The average Bonchev–Trinajstić information content (AvgIpc) is 3.88. The van der Waals surface area contributed by atoms with Crippen molar-refractivity contribution in [3.05, 3.63) is 198 Å². The number of furan rings is 1. The molecule has 2 aliphatic rings. The van der Waals surface area contributed by atoms with Crippen molar-refractivity contribution in [2.75, 3.05) is 0 Å². The first-order valence-electron chi connectivity index (χ1n) is 21.1. The van der Waals surface area contributed by atoms with Crippen LogP contribution in [0.3, 0.4) is 0 Å². The number of rotatable bonds is 5. The maximum atomic E-state index is 6.58. The summed E-state index contributed by atoms with van der Waals surface area (Å²) in [5.74, 6) is 1.84. The summed E-state index contributed by atoms with van der Waals surface area (Å²) in [6.45, 7) is 9.27. The molecule has 0 fully saturated rings. The van der Waals surface area contributed by atoms with Gasteiger partial charge in [0.2, 0.25) is 0 Å². The van der Waals surface area contributed by atoms with E-state index >= 15 is 0 Å². The number of nitrogens with zero attached hydrogens (tertiary/aromatic N) is 3. The summed E-state index contributed by atoms with van der Waals surface area (Å²) in [5.41, 5.74) is 19.2. The van der Waals surface area contributed by atoms with Gasteiger partial charge in [-0.15, -0.1) is 0 Å². The molecule has 0 N–H and O–H groups in total. The van der Waals surface area contributed by atoms with Crippen LogP contribution < -0.4 is 0 Å². The number of hydrogen-bond acceptors (Lipinski definition) is 4. The van der Waals surface area contributed by atoms with Gasteiger partial charge in [0, 0.05) is 38.3 Å². The highest BCUT2D eigenvalue weighted by atomic mass is 16.3. The zero-order valence-corrected chi connectivity index (χ0v) is 34.5. The Bertz CT molecular complexity index is 3430. The highest BCUT2D eigenvalue weighted by Crippen LogP contribution is 2.53. The minimum Gasteiger partial charge on any atom is -0.456 e. The second kappa shape index (κ2) is 13.0. The fourth-order valence-corrected chi connectivity index (χ4v) is 10.3. The van der Waals surface area contributed by atoms with E-state index in [1.165, 1.54) is 50.1 Å². The molecule has 4 nitrogen and oxygen atoms in total. The summed E-state index contributed by atoms with van der Waals surface area (Å²) in [5, 5.41) is 2.16. The first-order chi connectivity index (χ1) is 29.7. The van der Waals surface area contributed by atoms with Gasteiger partial charge in [0.1, 0.15) is 11.2 Å². The Morgan fingerprint density at radius 2 is 0.869 bits per heavy atom. The van der Waals surface area contributed by atoms with E-state index in [1.807, 2.05) is 12.1 Å². The topological polar surface area (TPSA) is 51.8 Å². The van der Waals surface area contributed by atoms with Gasteiger partial charge in [0.15, 0.2) is 17.5 Å². The quantitative estimate of drug-likeness (QED) is 0.174. The number of aromatic nitrogens is 3. The van der Waals surface area contributed by atoms with Crippen molar-refractivity contribution in [1.82, 2.24) is 15.0 Å². The largest absolute Gasteiger partial charge is 0.456 e. The van der Waals surface area contributed by atoms with E-state index in [2.05, 4.69) is 191 Å². The normalized spacial score (nSPS) is 14.2. The van der Waals surface area contributed by atoms with Crippen LogP contribution in [0.25, 0.3) is 101 Å². The van der Waals surface area contributed by atoms with E-state index in [9.17, 15) is 0 Å². The second-order valence-electron chi connectivity index (χ2n) is 17.6. The summed E-state index contributed by atoms with van der Waals surface area (Å²) in [7, 11) is 0. The predicted octanol–water partition coefficient (Wildman–Crippen LogP) is 14.7. The Hall–Kier alpha value is -7.43. The fourth-order valence-electron chi connectivity index (χ4n) is 10.3. The van der Waals surface area contributed by atoms with Crippen molar-refractivity contribution >= 4 is 21.9 Å². The van der Waals surface area contributed by atoms with Crippen LogP contribution in [0.5, 0.6) is 0 Å². The lowest BCUT2D eigenvalue weighted by molar-refractivity contribution is 0.660. The highest BCUT2D eigenvalue weighted by Gasteiger charge is 2.37. The van der Waals surface area contributed by atoms with E-state index in [4.69, 9.17) is 19.4 Å². The molecule has 0 saturated carbocycles. The maximum absolute atomic E-state index is 6.58. The van der Waals surface area contributed by atoms with Crippen LogP contribution >= 0.6 is 0 Å². The number of fused-ring (bicyclic) bond motifs is 9. The Balaban J connectivity index is 1.03. The van der Waals surface area contributed by atoms with Gasteiger partial charge in [-0.25, -0.2) is 15.0 Å². The van der Waals surface area contributed by atoms with Gasteiger partial charge >= 0.3 is 0 Å². The third kappa shape index (κ3) is 5.35. The predicted molar refractivity (Wildman–Crippen MR) is 249 cm³/mol. The molecule has 10 aromatic rings. The van der Waals surface area contributed by atoms with E-state index in [0.717, 1.165) is 55.3 Å². The molecular weight excluding hydrogens is 743 g/mol. The SMILES string of the molecule is CC1(C)c2ccccc2-c2ccc(-c3nc(-c4cccc(-c5cccc6c5-c5ccccc5C6(C)C)c4)nc(-c4ccc5c(c4)oc4cccc(-c6ccccc6)c45)n3)cc21. The molecule has 0 saturated heterocycles. The summed E-state index contributed by atoms with van der Waals surface area (Å²) in [6, 6.07) is 62.8. The summed E-state index contributed by atoms with van der Waals surface area (Å²) in [4.78, 5) is 15.8. The fraction of sp³-hybridized carbons (Fsp3) is 0.105. The molecule has 0 aliphatic heterocycles. The minimum atomic E-state index is -0.164. The Morgan fingerprint density at radius 3 is 1.66 bits per heavy atom. The van der Waals surface area contributed by atoms with Crippen LogP contribution in [-0.4, -0.2) is 15.0 Å². The molecule has 2 aliphatic carbocycles. The minimum absolute atomic E-state index is 0.0899. The molecule has 0 atom stereocenters. The lowest BCUT2D eigenvalue weighted by atomic mass is 9.82. The number of benzene rings is 8. The monoisotopic (exact) mass is 783 g/mol. The number of hydrogen-bond donors (Lipinski definition) is 0. The molecule has 4 heteroatoms. The molecule has 8 aromatic carbocycles. The van der Waals surface area contributed by atoms with E-state index in [1.54, 1.807) is 0 Å². The molecule has 290 valence electrons. The Morgan fingerprint density at radius 1 is 0.344 bits per heavy atom. The molecule has 0 radical (unpaired) electrons. The van der Waals surface area contributed by atoms with Crippen molar-refractivity contribution in [3.8, 4) is 78.7 Å². The lowest BCUT2D eigenvalue weighted by Gasteiger charge is -2.22. The van der Waals surface area contributed by atoms with Crippen LogP contribution in [0.2, 0.25) is 0 Å². The third-order valence-electron chi connectivity index (χ3n) is 13.4. The first-order valence-corrected chi connectivity index (χ1v) is 21.1. The van der Waals surface area contributed by atoms with Crippen molar-refractivity contribution in [3.63, 3.8) is 0 Å². The maximum Gasteiger partial charge on any atom is 0.164 e. The van der Waals surface area contributed by atoms with Crippen molar-refractivity contribution in [1.29, 1.82) is 0 Å². The molecule has 2 aromatic heterocycles. The van der Waals surface area contributed by atoms with Crippen molar-refractivity contribution < 1.29 is 4.42 Å². The lowest BCUT2D eigenvalue weighted by Crippen LogP contribution is -2.15. The highest BCUT2D eigenvalue weighted by molar-refractivity contribution is 6.13. The summed E-state index contributed by atoms with van der Waals surface area (Å²) >= 11 is 0. The van der Waals surface area contributed by atoms with Gasteiger partial charge in [-0.05, 0) is 97.1 Å². The van der Waals surface area contributed by atoms with Gasteiger partial charge in [-0.1, -0.05) is 173 Å². The van der Waals surface area contributed by atoms with Crippen molar-refractivity contribution in [2.24, 2.45) is 0 Å². The van der Waals surface area contributed by atoms with Gasteiger partial charge in [0.05, 0.1) is 0 Å². The van der Waals surface area contributed by atoms with E-state index < -0.39 is 0 Å². The first kappa shape index (κ1) is 35.5. The molecule has 0 bridgehead atoms. The Labute approximate surface area is 355 Å². The summed E-state index contributed by atoms with van der Waals surface area (Å²) < 4.78 is 6.58. The van der Waals surface area contributed by atoms with Gasteiger partial charge in [0.25, 0.3) is 0 Å². The van der Waals surface area contributed by atoms with Crippen LogP contribution in [0.15, 0.2) is 180 Å². The Kier molecular flexibility index (Phi) is 7.59. The molecular formula is C57H41N3O. The van der Waals surface area contributed by atoms with Crippen LogP contribution in [0, 0.1) is 0 Å². The van der Waals surface area contributed by atoms with E-state index in [0.29, 0.717) is 17.5 Å². The molecule has 0 unspecified atom stereocenters. The van der Waals surface area contributed by atoms with Crippen LogP contribution in [0.1, 0.15) is 49.9 Å². The van der Waals surface area contributed by atoms with Crippen molar-refractivity contribution in [2.45, 2.75) is 38.5 Å². The van der Waals surface area contributed by atoms with Crippen LogP contribution in [-0.2, 0) is 10.8 Å². The van der Waals surface area contributed by atoms with Gasteiger partial charge < -0.3 is 4.42 Å². The smallest absolute Gasteiger partial charge is 0.164 e. The molecule has 61 heavy (non-hydrogen) atoms. The van der Waals surface area contributed by atoms with Gasteiger partial charge in [-0.3, -0.25) is 0 Å². The van der Waals surface area contributed by atoms with Gasteiger partial charge in [-0.2, -0.15) is 0 Å². The summed E-state index contributed by atoms with van der Waals surface area (Å²) in [6.07, 6.45) is 0. The average molecular weight is 784 g/mol. The zero-order valence-electron chi connectivity index (χ0n) is 34.5. The molecule has 2 heterocycles. The molecule has 12 rings (SSSR count). The standard InChI is InChI=1S/C57H41N3O/c1-56(2)46-24-11-9-20-43(46)51-40(21-13-25-47(51)56)35-17-12-18-36(31-35)53-58-54(37-27-29-42-41-19-8-10-23-45(41)57(3,4)48(42)32-37)60-55(59-53)38-28-30-44-50(33-38)61-49-26-14-22-39(52(44)49)34-15-6-5-7-16-34/h5-33H,1-4H3. The zero-order chi connectivity index (χ0) is 41.0.